The van der Waals surface area contributed by atoms with Gasteiger partial charge in [0.2, 0.25) is 0 Å². The second-order valence-corrected chi connectivity index (χ2v) is 6.83. The van der Waals surface area contributed by atoms with Gasteiger partial charge in [0, 0.05) is 0 Å². The van der Waals surface area contributed by atoms with Crippen molar-refractivity contribution < 1.29 is 18.8 Å². The summed E-state index contributed by atoms with van der Waals surface area (Å²) in [6, 6.07) is 7.41. The predicted octanol–water partition coefficient (Wildman–Crippen LogP) is 3.63. The van der Waals surface area contributed by atoms with E-state index in [1.807, 2.05) is 52.8 Å². The van der Waals surface area contributed by atoms with E-state index >= 15 is 0 Å². The van der Waals surface area contributed by atoms with Crippen LogP contribution in [-0.4, -0.2) is 30.9 Å². The smallest absolute Gasteiger partial charge is 0.457 e. The van der Waals surface area contributed by atoms with Crippen molar-refractivity contribution in [2.45, 2.75) is 58.6 Å². The molecule has 1 saturated heterocycles. The highest BCUT2D eigenvalue weighted by Gasteiger charge is 2.50. The summed E-state index contributed by atoms with van der Waals surface area (Å²) >= 11 is 0. The average Bonchev–Trinajstić information content (AvgIpc) is 2.62. The van der Waals surface area contributed by atoms with Gasteiger partial charge >= 0.3 is 13.1 Å². The second kappa shape index (κ2) is 6.43. The molecule has 1 aliphatic rings. The Bertz CT molecular complexity index is 523. The fourth-order valence-electron chi connectivity index (χ4n) is 2.35. The van der Waals surface area contributed by atoms with E-state index in [2.05, 4.69) is 0 Å². The first kappa shape index (κ1) is 17.0. The van der Waals surface area contributed by atoms with Crippen LogP contribution in [0.2, 0.25) is 6.32 Å². The molecule has 1 aromatic rings. The number of benzene rings is 1. The van der Waals surface area contributed by atoms with E-state index in [9.17, 15) is 4.79 Å². The lowest BCUT2D eigenvalue weighted by atomic mass is 9.83. The molecule has 22 heavy (non-hydrogen) atoms. The Balaban J connectivity index is 1.73. The van der Waals surface area contributed by atoms with Gasteiger partial charge in [-0.25, -0.2) is 4.79 Å². The standard InChI is InChI=1S/C17H25BO4/c1-13-8-6-9-14(12-13)15(19)20-11-7-10-18-21-16(2,3)17(4,5)22-18/h6,8-9,12H,7,10-11H2,1-5H3. The Morgan fingerprint density at radius 1 is 1.18 bits per heavy atom. The number of hydrogen-bond acceptors (Lipinski definition) is 4. The molecule has 5 heteroatoms. The molecule has 0 bridgehead atoms. The van der Waals surface area contributed by atoms with Crippen molar-refractivity contribution in [3.05, 3.63) is 35.4 Å². The van der Waals surface area contributed by atoms with E-state index in [0.717, 1.165) is 5.56 Å². The monoisotopic (exact) mass is 304 g/mol. The molecule has 0 aromatic heterocycles. The third-order valence-corrected chi connectivity index (χ3v) is 4.37. The van der Waals surface area contributed by atoms with Crippen molar-refractivity contribution in [2.24, 2.45) is 0 Å². The fourth-order valence-corrected chi connectivity index (χ4v) is 2.35. The van der Waals surface area contributed by atoms with Crippen LogP contribution in [-0.2, 0) is 14.0 Å². The number of hydrogen-bond donors (Lipinski definition) is 0. The van der Waals surface area contributed by atoms with Gasteiger partial charge in [-0.05, 0) is 59.5 Å². The molecule has 0 aliphatic carbocycles. The molecule has 1 heterocycles. The van der Waals surface area contributed by atoms with E-state index < -0.39 is 0 Å². The molecule has 1 fully saturated rings. The molecule has 0 N–H and O–H groups in total. The molecule has 0 saturated carbocycles. The average molecular weight is 304 g/mol. The number of rotatable bonds is 5. The van der Waals surface area contributed by atoms with E-state index in [0.29, 0.717) is 24.9 Å². The molecule has 0 amide bonds. The third-order valence-electron chi connectivity index (χ3n) is 4.37. The van der Waals surface area contributed by atoms with Crippen LogP contribution < -0.4 is 0 Å². The minimum absolute atomic E-state index is 0.234. The summed E-state index contributed by atoms with van der Waals surface area (Å²) in [4.78, 5) is 11.9. The van der Waals surface area contributed by atoms with Gasteiger partial charge in [-0.3, -0.25) is 0 Å². The van der Waals surface area contributed by atoms with Crippen molar-refractivity contribution in [1.82, 2.24) is 0 Å². The van der Waals surface area contributed by atoms with Crippen molar-refractivity contribution in [3.63, 3.8) is 0 Å². The molecular weight excluding hydrogens is 279 g/mol. The summed E-state index contributed by atoms with van der Waals surface area (Å²) in [6.07, 6.45) is 1.43. The van der Waals surface area contributed by atoms with Gasteiger partial charge in [-0.2, -0.15) is 0 Å². The van der Waals surface area contributed by atoms with Gasteiger partial charge in [0.05, 0.1) is 23.4 Å². The maximum atomic E-state index is 11.9. The van der Waals surface area contributed by atoms with Gasteiger partial charge < -0.3 is 14.0 Å². The highest BCUT2D eigenvalue weighted by molar-refractivity contribution is 6.45. The minimum Gasteiger partial charge on any atom is -0.462 e. The zero-order valence-corrected chi connectivity index (χ0v) is 14.1. The normalized spacial score (nSPS) is 19.2. The van der Waals surface area contributed by atoms with E-state index in [4.69, 9.17) is 14.0 Å². The Labute approximate surface area is 133 Å². The summed E-state index contributed by atoms with van der Waals surface area (Å²) in [7, 11) is -0.234. The Kier molecular flexibility index (Phi) is 4.98. The van der Waals surface area contributed by atoms with Gasteiger partial charge in [-0.1, -0.05) is 17.7 Å². The molecule has 0 radical (unpaired) electrons. The van der Waals surface area contributed by atoms with Crippen molar-refractivity contribution in [3.8, 4) is 0 Å². The van der Waals surface area contributed by atoms with Crippen molar-refractivity contribution >= 4 is 13.1 Å². The summed E-state index contributed by atoms with van der Waals surface area (Å²) in [6.45, 7) is 10.5. The number of carbonyl (C=O) groups is 1. The maximum absolute atomic E-state index is 11.9. The highest BCUT2D eigenvalue weighted by Crippen LogP contribution is 2.37. The van der Waals surface area contributed by atoms with Crippen LogP contribution in [0.4, 0.5) is 0 Å². The lowest BCUT2D eigenvalue weighted by Gasteiger charge is -2.32. The van der Waals surface area contributed by atoms with E-state index in [1.165, 1.54) is 0 Å². The van der Waals surface area contributed by atoms with Crippen LogP contribution in [0.5, 0.6) is 0 Å². The molecule has 120 valence electrons. The van der Waals surface area contributed by atoms with Gasteiger partial charge in [0.25, 0.3) is 0 Å². The number of ether oxygens (including phenoxy) is 1. The van der Waals surface area contributed by atoms with E-state index in [1.54, 1.807) is 6.07 Å². The van der Waals surface area contributed by atoms with Crippen molar-refractivity contribution in [2.75, 3.05) is 6.61 Å². The SMILES string of the molecule is Cc1cccc(C(=O)OCCCB2OC(C)(C)C(C)(C)O2)c1. The van der Waals surface area contributed by atoms with Crippen LogP contribution in [0.25, 0.3) is 0 Å². The zero-order chi connectivity index (χ0) is 16.4. The quantitative estimate of drug-likeness (QED) is 0.473. The number of aryl methyl sites for hydroxylation is 1. The Hall–Kier alpha value is -1.33. The minimum atomic E-state index is -0.310. The van der Waals surface area contributed by atoms with Crippen molar-refractivity contribution in [1.29, 1.82) is 0 Å². The summed E-state index contributed by atoms with van der Waals surface area (Å²) < 4.78 is 17.1. The summed E-state index contributed by atoms with van der Waals surface area (Å²) in [5.74, 6) is -0.280. The Morgan fingerprint density at radius 2 is 1.82 bits per heavy atom. The Morgan fingerprint density at radius 3 is 2.41 bits per heavy atom. The fraction of sp³-hybridized carbons (Fsp3) is 0.588. The lowest BCUT2D eigenvalue weighted by molar-refractivity contribution is 0.00578. The van der Waals surface area contributed by atoms with Crippen LogP contribution >= 0.6 is 0 Å². The van der Waals surface area contributed by atoms with Crippen LogP contribution in [0.3, 0.4) is 0 Å². The van der Waals surface area contributed by atoms with Gasteiger partial charge in [-0.15, -0.1) is 0 Å². The molecule has 1 aliphatic heterocycles. The lowest BCUT2D eigenvalue weighted by Crippen LogP contribution is -2.41. The van der Waals surface area contributed by atoms with E-state index in [-0.39, 0.29) is 24.3 Å². The molecule has 0 atom stereocenters. The van der Waals surface area contributed by atoms with Crippen LogP contribution in [0, 0.1) is 6.92 Å². The van der Waals surface area contributed by atoms with Crippen LogP contribution in [0.1, 0.15) is 50.0 Å². The first-order chi connectivity index (χ1) is 10.2. The third kappa shape index (κ3) is 3.90. The zero-order valence-electron chi connectivity index (χ0n) is 14.1. The summed E-state index contributed by atoms with van der Waals surface area (Å²) in [5.41, 5.74) is 1.02. The molecule has 0 unspecified atom stereocenters. The molecular formula is C17H25BO4. The molecule has 4 nitrogen and oxygen atoms in total. The predicted molar refractivity (Wildman–Crippen MR) is 87.0 cm³/mol. The first-order valence-corrected chi connectivity index (χ1v) is 7.81. The summed E-state index contributed by atoms with van der Waals surface area (Å²) in [5, 5.41) is 0. The van der Waals surface area contributed by atoms with Gasteiger partial charge in [0.1, 0.15) is 0 Å². The highest BCUT2D eigenvalue weighted by atomic mass is 16.7. The van der Waals surface area contributed by atoms with Crippen LogP contribution in [0.15, 0.2) is 24.3 Å². The number of carbonyl (C=O) groups excluding carboxylic acids is 1. The van der Waals surface area contributed by atoms with Gasteiger partial charge in [0.15, 0.2) is 0 Å². The molecule has 1 aromatic carbocycles. The topological polar surface area (TPSA) is 44.8 Å². The molecule has 2 rings (SSSR count). The largest absolute Gasteiger partial charge is 0.462 e. The second-order valence-electron chi connectivity index (χ2n) is 6.83. The first-order valence-electron chi connectivity index (χ1n) is 7.81. The number of esters is 1. The maximum Gasteiger partial charge on any atom is 0.457 e. The molecule has 0 spiro atoms.